The molecule has 0 saturated carbocycles. The Balaban J connectivity index is 0.00000149. The van der Waals surface area contributed by atoms with E-state index in [2.05, 4.69) is 31.1 Å². The lowest BCUT2D eigenvalue weighted by atomic mass is 9.96. The average molecular weight is 524 g/mol. The number of fused-ring (bicyclic) bond motifs is 2. The van der Waals surface area contributed by atoms with Gasteiger partial charge in [0.1, 0.15) is 22.8 Å². The Morgan fingerprint density at radius 2 is 1.79 bits per heavy atom. The lowest BCUT2D eigenvalue weighted by Gasteiger charge is -2.29. The number of halogens is 2. The van der Waals surface area contributed by atoms with Gasteiger partial charge in [0.15, 0.2) is 5.82 Å². The average Bonchev–Trinajstić information content (AvgIpc) is 2.90. The minimum atomic E-state index is -0.635. The number of rotatable bonds is 4. The molecule has 5 rings (SSSR count). The number of hydrogen-bond acceptors (Lipinski definition) is 6. The zero-order valence-electron chi connectivity index (χ0n) is 20.9. The maximum Gasteiger partial charge on any atom is 0.319 e. The largest absolute Gasteiger partial charge is 0.461 e. The molecule has 0 amide bonds. The van der Waals surface area contributed by atoms with Gasteiger partial charge in [-0.05, 0) is 25.3 Å². The summed E-state index contributed by atoms with van der Waals surface area (Å²) in [5, 5.41) is 4.92. The Labute approximate surface area is 226 Å². The van der Waals surface area contributed by atoms with Crippen molar-refractivity contribution in [2.24, 2.45) is 0 Å². The third kappa shape index (κ3) is 5.68. The minimum absolute atomic E-state index is 0. The van der Waals surface area contributed by atoms with Crippen LogP contribution in [0, 0.1) is 24.0 Å². The van der Waals surface area contributed by atoms with Crippen molar-refractivity contribution < 1.29 is 14.9 Å². The van der Waals surface area contributed by atoms with Crippen LogP contribution in [0.2, 0.25) is 0 Å². The second-order valence-corrected chi connectivity index (χ2v) is 8.39. The molecule has 0 unspecified atom stereocenters. The highest BCUT2D eigenvalue weighted by Crippen LogP contribution is 2.36. The van der Waals surface area contributed by atoms with E-state index in [0.29, 0.717) is 40.6 Å². The molecule has 6 nitrogen and oxygen atoms in total. The molecule has 1 aliphatic rings. The number of benzene rings is 2. The predicted octanol–water partition coefficient (Wildman–Crippen LogP) is 6.85. The first-order chi connectivity index (χ1) is 17.5. The summed E-state index contributed by atoms with van der Waals surface area (Å²) in [4.78, 5) is 15.5. The lowest BCUT2D eigenvalue weighted by molar-refractivity contribution is 0.223. The molecule has 0 aliphatic carbocycles. The molecule has 8 heteroatoms. The second kappa shape index (κ2) is 13.1. The van der Waals surface area contributed by atoms with Crippen molar-refractivity contribution in [3.05, 3.63) is 53.7 Å². The highest BCUT2D eigenvalue weighted by atomic mass is 19.1. The van der Waals surface area contributed by atoms with Gasteiger partial charge >= 0.3 is 6.01 Å². The van der Waals surface area contributed by atoms with Crippen LogP contribution in [0.15, 0.2) is 36.5 Å². The molecule has 0 radical (unpaired) electrons. The fraction of sp³-hybridized carbons (Fsp3) is 0.367. The number of pyridine rings is 1. The predicted molar refractivity (Wildman–Crippen MR) is 156 cm³/mol. The van der Waals surface area contributed by atoms with Gasteiger partial charge in [0.05, 0.1) is 17.1 Å². The normalized spacial score (nSPS) is 12.7. The Bertz CT molecular complexity index is 1450. The van der Waals surface area contributed by atoms with Crippen LogP contribution in [0.1, 0.15) is 49.5 Å². The highest BCUT2D eigenvalue weighted by Gasteiger charge is 2.23. The second-order valence-electron chi connectivity index (χ2n) is 8.39. The van der Waals surface area contributed by atoms with Gasteiger partial charge in [0, 0.05) is 44.8 Å². The van der Waals surface area contributed by atoms with E-state index >= 15 is 4.39 Å². The van der Waals surface area contributed by atoms with Gasteiger partial charge in [0.2, 0.25) is 0 Å². The SMILES string of the molecule is C.C.C#Cc1c(F)ccc2cccc(-c3ncc4c(N5CCNCC5)nc(OC(C)C)nc4c3F)c12.CC.[HH]. The number of ether oxygens (including phenoxy) is 1. The zero-order valence-corrected chi connectivity index (χ0v) is 20.9. The number of anilines is 1. The number of nitrogens with zero attached hydrogens (tertiary/aromatic N) is 4. The summed E-state index contributed by atoms with van der Waals surface area (Å²) in [7, 11) is 0. The van der Waals surface area contributed by atoms with Crippen LogP contribution >= 0.6 is 0 Å². The molecule has 4 aromatic rings. The van der Waals surface area contributed by atoms with E-state index in [9.17, 15) is 4.39 Å². The van der Waals surface area contributed by atoms with E-state index in [0.717, 1.165) is 13.1 Å². The van der Waals surface area contributed by atoms with Crippen molar-refractivity contribution in [3.8, 4) is 29.6 Å². The van der Waals surface area contributed by atoms with E-state index in [4.69, 9.17) is 11.2 Å². The van der Waals surface area contributed by atoms with Crippen molar-refractivity contribution in [3.63, 3.8) is 0 Å². The summed E-state index contributed by atoms with van der Waals surface area (Å²) >= 11 is 0. The molecule has 1 N–H and O–H groups in total. The van der Waals surface area contributed by atoms with E-state index < -0.39 is 11.6 Å². The first-order valence-electron chi connectivity index (χ1n) is 12.1. The van der Waals surface area contributed by atoms with Gasteiger partial charge in [0.25, 0.3) is 0 Å². The van der Waals surface area contributed by atoms with Crippen molar-refractivity contribution in [2.45, 2.75) is 48.7 Å². The van der Waals surface area contributed by atoms with E-state index in [1.54, 1.807) is 30.5 Å². The van der Waals surface area contributed by atoms with Crippen LogP contribution in [0.25, 0.3) is 32.9 Å². The van der Waals surface area contributed by atoms with Gasteiger partial charge in [-0.1, -0.05) is 58.9 Å². The highest BCUT2D eigenvalue weighted by molar-refractivity contribution is 6.02. The van der Waals surface area contributed by atoms with Crippen LogP contribution in [0.4, 0.5) is 14.6 Å². The molecule has 0 atom stereocenters. The van der Waals surface area contributed by atoms with E-state index in [1.165, 1.54) is 6.07 Å². The summed E-state index contributed by atoms with van der Waals surface area (Å²) in [5.74, 6) is 1.80. The number of terminal acetylenes is 1. The van der Waals surface area contributed by atoms with Crippen molar-refractivity contribution in [2.75, 3.05) is 31.1 Å². The lowest BCUT2D eigenvalue weighted by Crippen LogP contribution is -2.44. The molecule has 1 fully saturated rings. The van der Waals surface area contributed by atoms with Gasteiger partial charge in [-0.2, -0.15) is 9.97 Å². The molecule has 0 spiro atoms. The Morgan fingerprint density at radius 1 is 1.08 bits per heavy atom. The standard InChI is InChI=1S/C26H23F2N5O.C2H6.2CH4.H2/c1-4-17-20(27)9-8-16-6-5-7-18(21(16)17)23-22(28)24-19(14-30-23)25(33-12-10-29-11-13-33)32-26(31-24)34-15(2)3;1-2;;;/h1,5-9,14-15,29H,10-13H2,2-3H3;1-2H3;2*1H4;1H. The maximum absolute atomic E-state index is 16.1. The third-order valence-electron chi connectivity index (χ3n) is 5.80. The number of aromatic nitrogens is 3. The molecule has 38 heavy (non-hydrogen) atoms. The van der Waals surface area contributed by atoms with Crippen molar-refractivity contribution >= 4 is 27.5 Å². The molecule has 2 aromatic heterocycles. The van der Waals surface area contributed by atoms with E-state index in [1.807, 2.05) is 27.7 Å². The summed E-state index contributed by atoms with van der Waals surface area (Å²) in [5.41, 5.74) is 0.612. The molecule has 1 saturated heterocycles. The van der Waals surface area contributed by atoms with Gasteiger partial charge in [-0.25, -0.2) is 8.78 Å². The quantitative estimate of drug-likeness (QED) is 0.295. The van der Waals surface area contributed by atoms with Gasteiger partial charge < -0.3 is 15.0 Å². The number of nitrogens with one attached hydrogen (secondary N) is 1. The number of piperazine rings is 1. The maximum atomic E-state index is 16.1. The van der Waals surface area contributed by atoms with Crippen molar-refractivity contribution in [1.29, 1.82) is 0 Å². The summed E-state index contributed by atoms with van der Waals surface area (Å²) in [6.45, 7) is 10.7. The van der Waals surface area contributed by atoms with Crippen LogP contribution in [0.3, 0.4) is 0 Å². The molecule has 204 valence electrons. The molecule has 3 heterocycles. The zero-order chi connectivity index (χ0) is 25.8. The van der Waals surface area contributed by atoms with Crippen molar-refractivity contribution in [1.82, 2.24) is 20.3 Å². The minimum Gasteiger partial charge on any atom is -0.461 e. The third-order valence-corrected chi connectivity index (χ3v) is 5.80. The molecular formula is C30H39F2N5O. The smallest absolute Gasteiger partial charge is 0.319 e. The van der Waals surface area contributed by atoms with Gasteiger partial charge in [-0.15, -0.1) is 6.42 Å². The van der Waals surface area contributed by atoms with Crippen LogP contribution in [-0.2, 0) is 0 Å². The fourth-order valence-electron chi connectivity index (χ4n) is 4.28. The van der Waals surface area contributed by atoms with Crippen LogP contribution in [0.5, 0.6) is 6.01 Å². The molecule has 1 aliphatic heterocycles. The summed E-state index contributed by atoms with van der Waals surface area (Å²) in [6, 6.07) is 8.28. The molecule has 0 bridgehead atoms. The topological polar surface area (TPSA) is 63.2 Å². The first kappa shape index (κ1) is 30.4. The van der Waals surface area contributed by atoms with Crippen LogP contribution in [-0.4, -0.2) is 47.2 Å². The summed E-state index contributed by atoms with van der Waals surface area (Å²) < 4.78 is 36.3. The first-order valence-corrected chi connectivity index (χ1v) is 12.1. The van der Waals surface area contributed by atoms with E-state index in [-0.39, 0.29) is 45.2 Å². The Morgan fingerprint density at radius 3 is 2.45 bits per heavy atom. The number of hydrogen-bond donors (Lipinski definition) is 1. The molecular weight excluding hydrogens is 484 g/mol. The van der Waals surface area contributed by atoms with Crippen LogP contribution < -0.4 is 15.0 Å². The summed E-state index contributed by atoms with van der Waals surface area (Å²) in [6.07, 6.45) is 6.99. The Kier molecular flexibility index (Phi) is 10.5. The monoisotopic (exact) mass is 523 g/mol. The van der Waals surface area contributed by atoms with Gasteiger partial charge in [-0.3, -0.25) is 4.98 Å². The fourth-order valence-corrected chi connectivity index (χ4v) is 4.28. The molecule has 2 aromatic carbocycles. The Hall–Kier alpha value is -3.83.